The molecule has 2 aliphatic rings. The summed E-state index contributed by atoms with van der Waals surface area (Å²) >= 11 is 0. The second kappa shape index (κ2) is 4.46. The number of alkyl carbamates (subject to hydrolysis) is 1. The molecule has 0 atom stereocenters. The van der Waals surface area contributed by atoms with Crippen LogP contribution in [0.1, 0.15) is 33.6 Å². The molecule has 2 rings (SSSR count). The highest BCUT2D eigenvalue weighted by Crippen LogP contribution is 2.43. The van der Waals surface area contributed by atoms with Crippen molar-refractivity contribution in [1.82, 2.24) is 5.32 Å². The quantitative estimate of drug-likeness (QED) is 0.801. The number of rotatable bonds is 2. The molecule has 2 heterocycles. The van der Waals surface area contributed by atoms with E-state index < -0.39 is 5.60 Å². The molecule has 1 amide bonds. The number of amides is 1. The van der Waals surface area contributed by atoms with Crippen molar-refractivity contribution in [2.75, 3.05) is 19.8 Å². The second-order valence-electron chi connectivity index (χ2n) is 5.79. The van der Waals surface area contributed by atoms with Crippen molar-refractivity contribution in [1.29, 1.82) is 0 Å². The second-order valence-corrected chi connectivity index (χ2v) is 5.79. The molecule has 0 spiro atoms. The Kier molecular flexibility index (Phi) is 3.32. The summed E-state index contributed by atoms with van der Waals surface area (Å²) in [7, 11) is 0. The number of ether oxygens (including phenoxy) is 3. The Morgan fingerprint density at radius 2 is 1.94 bits per heavy atom. The van der Waals surface area contributed by atoms with Gasteiger partial charge in [-0.2, -0.15) is 0 Å². The summed E-state index contributed by atoms with van der Waals surface area (Å²) in [5.74, 6) is 0. The van der Waals surface area contributed by atoms with E-state index in [-0.39, 0.29) is 17.8 Å². The van der Waals surface area contributed by atoms with Gasteiger partial charge in [0, 0.05) is 12.0 Å². The smallest absolute Gasteiger partial charge is 0.407 e. The maximum absolute atomic E-state index is 11.6. The zero-order chi connectivity index (χ0) is 12.5. The minimum absolute atomic E-state index is 0.0447. The lowest BCUT2D eigenvalue weighted by Gasteiger charge is -2.27. The maximum Gasteiger partial charge on any atom is 0.407 e. The predicted molar refractivity (Wildman–Crippen MR) is 61.6 cm³/mol. The van der Waals surface area contributed by atoms with Gasteiger partial charge in [0.05, 0.1) is 13.2 Å². The molecule has 2 fully saturated rings. The van der Waals surface area contributed by atoms with Gasteiger partial charge in [0.15, 0.2) is 6.29 Å². The van der Waals surface area contributed by atoms with Crippen molar-refractivity contribution >= 4 is 6.09 Å². The fraction of sp³-hybridized carbons (Fsp3) is 0.917. The molecule has 98 valence electrons. The van der Waals surface area contributed by atoms with E-state index in [0.717, 1.165) is 12.8 Å². The molecule has 0 aromatic heterocycles. The average Bonchev–Trinajstić information content (AvgIpc) is 2.69. The minimum atomic E-state index is -0.459. The molecule has 0 radical (unpaired) electrons. The van der Waals surface area contributed by atoms with Crippen LogP contribution in [0.5, 0.6) is 0 Å². The molecule has 5 heteroatoms. The number of carbonyl (C=O) groups excluding carboxylic acids is 1. The highest BCUT2D eigenvalue weighted by molar-refractivity contribution is 5.67. The van der Waals surface area contributed by atoms with Gasteiger partial charge in [-0.1, -0.05) is 0 Å². The van der Waals surface area contributed by atoms with Gasteiger partial charge >= 0.3 is 6.09 Å². The average molecular weight is 243 g/mol. The summed E-state index contributed by atoms with van der Waals surface area (Å²) in [5, 5.41) is 2.82. The first-order valence-corrected chi connectivity index (χ1v) is 6.11. The molecule has 0 aliphatic carbocycles. The largest absolute Gasteiger partial charge is 0.444 e. The van der Waals surface area contributed by atoms with E-state index in [1.54, 1.807) is 0 Å². The first-order valence-electron chi connectivity index (χ1n) is 6.11. The summed E-state index contributed by atoms with van der Waals surface area (Å²) in [6.45, 7) is 7.54. The third-order valence-electron chi connectivity index (χ3n) is 3.22. The standard InChI is InChI=1S/C12H21NO4/c1-11(2,3)17-10(14)13-8-12-4-6-15-9(12)16-7-5-12/h9H,4-8H2,1-3H3,(H,13,14). The molecule has 0 saturated carbocycles. The number of carbonyl (C=O) groups is 1. The fourth-order valence-corrected chi connectivity index (χ4v) is 2.32. The summed E-state index contributed by atoms with van der Waals surface area (Å²) in [4.78, 5) is 11.6. The molecule has 0 aromatic rings. The van der Waals surface area contributed by atoms with Crippen molar-refractivity contribution in [2.24, 2.45) is 5.41 Å². The minimum Gasteiger partial charge on any atom is -0.444 e. The van der Waals surface area contributed by atoms with Crippen LogP contribution >= 0.6 is 0 Å². The van der Waals surface area contributed by atoms with Gasteiger partial charge in [0.2, 0.25) is 0 Å². The van der Waals surface area contributed by atoms with Gasteiger partial charge in [-0.05, 0) is 33.6 Å². The molecule has 0 unspecified atom stereocenters. The predicted octanol–water partition coefficient (Wildman–Crippen LogP) is 1.66. The molecule has 1 N–H and O–H groups in total. The summed E-state index contributed by atoms with van der Waals surface area (Å²) in [6.07, 6.45) is 1.35. The Balaban J connectivity index is 1.83. The molecule has 5 nitrogen and oxygen atoms in total. The third kappa shape index (κ3) is 2.90. The van der Waals surface area contributed by atoms with Crippen LogP contribution in [0, 0.1) is 5.41 Å². The zero-order valence-corrected chi connectivity index (χ0v) is 10.7. The number of nitrogens with one attached hydrogen (secondary N) is 1. The molecular formula is C12H21NO4. The Hall–Kier alpha value is -0.810. The van der Waals surface area contributed by atoms with Crippen molar-refractivity contribution < 1.29 is 19.0 Å². The van der Waals surface area contributed by atoms with Crippen molar-refractivity contribution in [2.45, 2.75) is 45.5 Å². The Morgan fingerprint density at radius 1 is 1.35 bits per heavy atom. The lowest BCUT2D eigenvalue weighted by atomic mass is 9.84. The first kappa shape index (κ1) is 12.6. The van der Waals surface area contributed by atoms with Gasteiger partial charge in [-0.15, -0.1) is 0 Å². The summed E-state index contributed by atoms with van der Waals surface area (Å²) < 4.78 is 16.2. The van der Waals surface area contributed by atoms with Crippen LogP contribution in [0.2, 0.25) is 0 Å². The molecule has 0 bridgehead atoms. The van der Waals surface area contributed by atoms with Crippen LogP contribution in [0.4, 0.5) is 4.79 Å². The van der Waals surface area contributed by atoms with Crippen LogP contribution in [0.25, 0.3) is 0 Å². The lowest BCUT2D eigenvalue weighted by molar-refractivity contribution is -0.110. The molecule has 17 heavy (non-hydrogen) atoms. The number of hydrogen-bond acceptors (Lipinski definition) is 4. The summed E-state index contributed by atoms with van der Waals surface area (Å²) in [5.41, 5.74) is -0.504. The molecular weight excluding hydrogens is 222 g/mol. The van der Waals surface area contributed by atoms with Crippen LogP contribution in [0.15, 0.2) is 0 Å². The van der Waals surface area contributed by atoms with E-state index in [1.807, 2.05) is 20.8 Å². The van der Waals surface area contributed by atoms with E-state index in [4.69, 9.17) is 14.2 Å². The van der Waals surface area contributed by atoms with Gasteiger partial charge in [0.25, 0.3) is 0 Å². The first-order chi connectivity index (χ1) is 7.91. The maximum atomic E-state index is 11.6. The van der Waals surface area contributed by atoms with E-state index in [2.05, 4.69) is 5.32 Å². The zero-order valence-electron chi connectivity index (χ0n) is 10.7. The highest BCUT2D eigenvalue weighted by atomic mass is 16.7. The fourth-order valence-electron chi connectivity index (χ4n) is 2.32. The van der Waals surface area contributed by atoms with E-state index >= 15 is 0 Å². The van der Waals surface area contributed by atoms with Crippen LogP contribution in [-0.2, 0) is 14.2 Å². The Bertz CT molecular complexity index is 287. The van der Waals surface area contributed by atoms with Crippen LogP contribution in [-0.4, -0.2) is 37.7 Å². The van der Waals surface area contributed by atoms with Crippen molar-refractivity contribution in [3.63, 3.8) is 0 Å². The third-order valence-corrected chi connectivity index (χ3v) is 3.22. The van der Waals surface area contributed by atoms with E-state index in [0.29, 0.717) is 19.8 Å². The normalized spacial score (nSPS) is 32.3. The Labute approximate surface area is 102 Å². The van der Waals surface area contributed by atoms with E-state index in [9.17, 15) is 4.79 Å². The molecule has 2 saturated heterocycles. The van der Waals surface area contributed by atoms with E-state index in [1.165, 1.54) is 0 Å². The SMILES string of the molecule is CC(C)(C)OC(=O)NCC12CCOC1OCC2. The lowest BCUT2D eigenvalue weighted by Crippen LogP contribution is -2.42. The van der Waals surface area contributed by atoms with Gasteiger partial charge in [-0.3, -0.25) is 0 Å². The number of hydrogen-bond donors (Lipinski definition) is 1. The van der Waals surface area contributed by atoms with Gasteiger partial charge in [0.1, 0.15) is 5.60 Å². The number of fused-ring (bicyclic) bond motifs is 1. The van der Waals surface area contributed by atoms with Gasteiger partial charge < -0.3 is 19.5 Å². The van der Waals surface area contributed by atoms with Crippen molar-refractivity contribution in [3.05, 3.63) is 0 Å². The van der Waals surface area contributed by atoms with Gasteiger partial charge in [-0.25, -0.2) is 4.79 Å². The molecule has 0 aromatic carbocycles. The van der Waals surface area contributed by atoms with Crippen LogP contribution in [0.3, 0.4) is 0 Å². The molecule has 2 aliphatic heterocycles. The van der Waals surface area contributed by atoms with Crippen molar-refractivity contribution in [3.8, 4) is 0 Å². The monoisotopic (exact) mass is 243 g/mol. The summed E-state index contributed by atoms with van der Waals surface area (Å²) in [6, 6.07) is 0. The van der Waals surface area contributed by atoms with Crippen LogP contribution < -0.4 is 5.32 Å². The highest BCUT2D eigenvalue weighted by Gasteiger charge is 2.49. The Morgan fingerprint density at radius 3 is 2.47 bits per heavy atom. The topological polar surface area (TPSA) is 56.8 Å².